The predicted molar refractivity (Wildman–Crippen MR) is 88.9 cm³/mol. The standard InChI is InChI=1S/C13H13BrCl2N4O/c1-6-12(14)7(2)20(19-6)5-11(21)18-13-9(16)3-8(15)4-10(13)17/h3-4H,5,17H2,1-2H3,(H,18,21). The van der Waals surface area contributed by atoms with Gasteiger partial charge in [-0.2, -0.15) is 5.10 Å². The molecule has 0 bridgehead atoms. The highest BCUT2D eigenvalue weighted by Crippen LogP contribution is 2.32. The predicted octanol–water partition coefficient (Wildman–Crippen LogP) is 3.79. The third kappa shape index (κ3) is 3.51. The average Bonchev–Trinajstić information content (AvgIpc) is 2.61. The Bertz CT molecular complexity index is 691. The number of nitrogen functional groups attached to an aromatic ring is 1. The Morgan fingerprint density at radius 2 is 2.10 bits per heavy atom. The molecule has 5 nitrogen and oxygen atoms in total. The molecule has 1 heterocycles. The highest BCUT2D eigenvalue weighted by Gasteiger charge is 2.14. The molecule has 0 unspecified atom stereocenters. The summed E-state index contributed by atoms with van der Waals surface area (Å²) in [5, 5.41) is 7.66. The number of carbonyl (C=O) groups is 1. The molecule has 3 N–H and O–H groups in total. The van der Waals surface area contributed by atoms with E-state index in [1.807, 2.05) is 13.8 Å². The van der Waals surface area contributed by atoms with Crippen molar-refractivity contribution in [1.82, 2.24) is 9.78 Å². The van der Waals surface area contributed by atoms with Crippen molar-refractivity contribution in [3.8, 4) is 0 Å². The SMILES string of the molecule is Cc1nn(CC(=O)Nc2c(N)cc(Cl)cc2Cl)c(C)c1Br. The lowest BCUT2D eigenvalue weighted by atomic mass is 10.2. The number of nitrogens with one attached hydrogen (secondary N) is 1. The van der Waals surface area contributed by atoms with Crippen molar-refractivity contribution in [2.24, 2.45) is 0 Å². The minimum Gasteiger partial charge on any atom is -0.397 e. The molecule has 112 valence electrons. The maximum absolute atomic E-state index is 12.1. The molecule has 0 aliphatic rings. The van der Waals surface area contributed by atoms with Gasteiger partial charge in [0.2, 0.25) is 5.91 Å². The second kappa shape index (κ2) is 6.25. The molecule has 0 saturated carbocycles. The maximum atomic E-state index is 12.1. The Labute approximate surface area is 140 Å². The van der Waals surface area contributed by atoms with Crippen molar-refractivity contribution in [1.29, 1.82) is 0 Å². The largest absolute Gasteiger partial charge is 0.397 e. The first-order valence-electron chi connectivity index (χ1n) is 6.03. The molecular weight excluding hydrogens is 379 g/mol. The maximum Gasteiger partial charge on any atom is 0.246 e. The summed E-state index contributed by atoms with van der Waals surface area (Å²) >= 11 is 15.3. The quantitative estimate of drug-likeness (QED) is 0.781. The van der Waals surface area contributed by atoms with Gasteiger partial charge in [-0.15, -0.1) is 0 Å². The first-order chi connectivity index (χ1) is 9.79. The Balaban J connectivity index is 2.17. The molecule has 1 aromatic heterocycles. The van der Waals surface area contributed by atoms with Crippen LogP contribution in [0.4, 0.5) is 11.4 Å². The summed E-state index contributed by atoms with van der Waals surface area (Å²) in [6, 6.07) is 3.05. The van der Waals surface area contributed by atoms with Crippen LogP contribution >= 0.6 is 39.1 Å². The molecule has 0 saturated heterocycles. The summed E-state index contributed by atoms with van der Waals surface area (Å²) < 4.78 is 2.49. The Morgan fingerprint density at radius 3 is 2.62 bits per heavy atom. The minimum atomic E-state index is -0.274. The molecule has 1 aromatic carbocycles. The third-order valence-electron chi connectivity index (χ3n) is 2.94. The lowest BCUT2D eigenvalue weighted by Gasteiger charge is -2.11. The van der Waals surface area contributed by atoms with Crippen molar-refractivity contribution in [2.75, 3.05) is 11.1 Å². The summed E-state index contributed by atoms with van der Waals surface area (Å²) in [7, 11) is 0. The molecule has 2 rings (SSSR count). The number of carbonyl (C=O) groups excluding carboxylic acids is 1. The van der Waals surface area contributed by atoms with Crippen LogP contribution < -0.4 is 11.1 Å². The Morgan fingerprint density at radius 1 is 1.43 bits per heavy atom. The fourth-order valence-corrected chi connectivity index (χ4v) is 2.71. The highest BCUT2D eigenvalue weighted by atomic mass is 79.9. The van der Waals surface area contributed by atoms with Gasteiger partial charge >= 0.3 is 0 Å². The van der Waals surface area contributed by atoms with E-state index in [9.17, 15) is 4.79 Å². The third-order valence-corrected chi connectivity index (χ3v) is 4.60. The first kappa shape index (κ1) is 16.1. The molecule has 0 aliphatic carbocycles. The molecule has 8 heteroatoms. The Kier molecular flexibility index (Phi) is 4.81. The van der Waals surface area contributed by atoms with Gasteiger partial charge in [0.25, 0.3) is 0 Å². The van der Waals surface area contributed by atoms with E-state index >= 15 is 0 Å². The van der Waals surface area contributed by atoms with Crippen LogP contribution in [0.5, 0.6) is 0 Å². The van der Waals surface area contributed by atoms with Crippen molar-refractivity contribution in [3.63, 3.8) is 0 Å². The first-order valence-corrected chi connectivity index (χ1v) is 7.58. The van der Waals surface area contributed by atoms with Crippen LogP contribution in [0.3, 0.4) is 0 Å². The molecule has 0 radical (unpaired) electrons. The summed E-state index contributed by atoms with van der Waals surface area (Å²) in [4.78, 5) is 12.1. The number of rotatable bonds is 3. The fraction of sp³-hybridized carbons (Fsp3) is 0.231. The number of nitrogens with zero attached hydrogens (tertiary/aromatic N) is 2. The number of amides is 1. The lowest BCUT2D eigenvalue weighted by molar-refractivity contribution is -0.116. The van der Waals surface area contributed by atoms with E-state index in [2.05, 4.69) is 26.3 Å². The molecular formula is C13H13BrCl2N4O. The second-order valence-electron chi connectivity index (χ2n) is 4.54. The van der Waals surface area contributed by atoms with E-state index in [1.54, 1.807) is 4.68 Å². The zero-order chi connectivity index (χ0) is 15.7. The van der Waals surface area contributed by atoms with Crippen molar-refractivity contribution in [3.05, 3.63) is 38.0 Å². The zero-order valence-electron chi connectivity index (χ0n) is 11.4. The number of benzene rings is 1. The van der Waals surface area contributed by atoms with Crippen LogP contribution in [0.1, 0.15) is 11.4 Å². The normalized spacial score (nSPS) is 10.7. The average molecular weight is 392 g/mol. The molecule has 0 aliphatic heterocycles. The summed E-state index contributed by atoms with van der Waals surface area (Å²) in [5.41, 5.74) is 8.17. The van der Waals surface area contributed by atoms with Gasteiger partial charge in [0, 0.05) is 5.02 Å². The number of aryl methyl sites for hydroxylation is 1. The topological polar surface area (TPSA) is 72.9 Å². The smallest absolute Gasteiger partial charge is 0.246 e. The van der Waals surface area contributed by atoms with E-state index in [4.69, 9.17) is 28.9 Å². The summed E-state index contributed by atoms with van der Waals surface area (Å²) in [5.74, 6) is -0.274. The van der Waals surface area contributed by atoms with Crippen LogP contribution in [-0.4, -0.2) is 15.7 Å². The fourth-order valence-electron chi connectivity index (χ4n) is 1.87. The van der Waals surface area contributed by atoms with Crippen molar-refractivity contribution in [2.45, 2.75) is 20.4 Å². The van der Waals surface area contributed by atoms with Gasteiger partial charge < -0.3 is 11.1 Å². The number of halogens is 3. The molecule has 1 amide bonds. The number of hydrogen-bond donors (Lipinski definition) is 2. The van der Waals surface area contributed by atoms with Crippen molar-refractivity contribution >= 4 is 56.4 Å². The zero-order valence-corrected chi connectivity index (χ0v) is 14.5. The molecule has 0 fully saturated rings. The van der Waals surface area contributed by atoms with E-state index in [-0.39, 0.29) is 12.5 Å². The monoisotopic (exact) mass is 390 g/mol. The van der Waals surface area contributed by atoms with E-state index in [1.165, 1.54) is 12.1 Å². The van der Waals surface area contributed by atoms with Crippen LogP contribution in [0.2, 0.25) is 10.0 Å². The van der Waals surface area contributed by atoms with Crippen LogP contribution in [0.15, 0.2) is 16.6 Å². The van der Waals surface area contributed by atoms with Gasteiger partial charge in [-0.25, -0.2) is 0 Å². The number of hydrogen-bond acceptors (Lipinski definition) is 3. The Hall–Kier alpha value is -1.24. The molecule has 0 spiro atoms. The minimum absolute atomic E-state index is 0.0661. The van der Waals surface area contributed by atoms with Gasteiger partial charge in [-0.3, -0.25) is 9.48 Å². The van der Waals surface area contributed by atoms with E-state index in [0.29, 0.717) is 21.4 Å². The molecule has 0 atom stereocenters. The van der Waals surface area contributed by atoms with E-state index < -0.39 is 0 Å². The van der Waals surface area contributed by atoms with Gasteiger partial charge in [0.1, 0.15) is 6.54 Å². The number of nitrogens with two attached hydrogens (primary N) is 1. The van der Waals surface area contributed by atoms with Crippen LogP contribution in [-0.2, 0) is 11.3 Å². The van der Waals surface area contributed by atoms with Gasteiger partial charge in [-0.05, 0) is 41.9 Å². The van der Waals surface area contributed by atoms with Crippen molar-refractivity contribution < 1.29 is 4.79 Å². The van der Waals surface area contributed by atoms with Gasteiger partial charge in [0.05, 0.1) is 32.3 Å². The molecule has 21 heavy (non-hydrogen) atoms. The lowest BCUT2D eigenvalue weighted by Crippen LogP contribution is -2.21. The number of anilines is 2. The van der Waals surface area contributed by atoms with Crippen LogP contribution in [0.25, 0.3) is 0 Å². The molecule has 2 aromatic rings. The van der Waals surface area contributed by atoms with Crippen LogP contribution in [0, 0.1) is 13.8 Å². The second-order valence-corrected chi connectivity index (χ2v) is 6.18. The number of aromatic nitrogens is 2. The van der Waals surface area contributed by atoms with Gasteiger partial charge in [0.15, 0.2) is 0 Å². The van der Waals surface area contributed by atoms with E-state index in [0.717, 1.165) is 15.9 Å². The highest BCUT2D eigenvalue weighted by molar-refractivity contribution is 9.10. The van der Waals surface area contributed by atoms with Gasteiger partial charge in [-0.1, -0.05) is 23.2 Å². The summed E-state index contributed by atoms with van der Waals surface area (Å²) in [6.45, 7) is 3.80. The summed E-state index contributed by atoms with van der Waals surface area (Å²) in [6.07, 6.45) is 0.